The van der Waals surface area contributed by atoms with Crippen LogP contribution in [0.5, 0.6) is 0 Å². The molecule has 0 saturated heterocycles. The predicted molar refractivity (Wildman–Crippen MR) is 51.6 cm³/mol. The molecule has 17 heavy (non-hydrogen) atoms. The van der Waals surface area contributed by atoms with Crippen LogP contribution in [0.4, 0.5) is 13.2 Å². The lowest BCUT2D eigenvalue weighted by atomic mass is 10.3. The molecule has 0 aromatic carbocycles. The normalized spacial score (nSPS) is 12.1. The van der Waals surface area contributed by atoms with Gasteiger partial charge in [0.1, 0.15) is 12.0 Å². The van der Waals surface area contributed by atoms with Gasteiger partial charge in [0.2, 0.25) is 5.89 Å². The number of oxazole rings is 1. The van der Waals surface area contributed by atoms with Crippen LogP contribution < -0.4 is 5.73 Å². The van der Waals surface area contributed by atoms with E-state index in [2.05, 4.69) is 10.1 Å². The molecule has 0 radical (unpaired) electrons. The zero-order valence-electron chi connectivity index (χ0n) is 8.82. The van der Waals surface area contributed by atoms with Gasteiger partial charge in [0, 0.05) is 19.7 Å². The van der Waals surface area contributed by atoms with Crippen LogP contribution in [0, 0.1) is 0 Å². The molecule has 0 fully saturated rings. The molecule has 0 bridgehead atoms. The van der Waals surface area contributed by atoms with Gasteiger partial charge in [0.05, 0.1) is 5.69 Å². The molecular formula is C9H9F3N4O. The van der Waals surface area contributed by atoms with Gasteiger partial charge in [0.15, 0.2) is 5.69 Å². The summed E-state index contributed by atoms with van der Waals surface area (Å²) in [5.74, 6) is 0.0657. The molecule has 0 aliphatic heterocycles. The third-order valence-corrected chi connectivity index (χ3v) is 2.15. The first-order chi connectivity index (χ1) is 7.91. The molecule has 5 nitrogen and oxygen atoms in total. The molecule has 0 aliphatic carbocycles. The molecule has 2 aromatic heterocycles. The van der Waals surface area contributed by atoms with E-state index >= 15 is 0 Å². The standard InChI is InChI=1S/C9H9F3N4O/c1-16-6(2-7(15-16)9(10,11)12)8-14-5(3-13)4-17-8/h2,4H,3,13H2,1H3. The molecular weight excluding hydrogens is 237 g/mol. The minimum absolute atomic E-state index is 0.0657. The Hall–Kier alpha value is -1.83. The quantitative estimate of drug-likeness (QED) is 0.872. The molecule has 0 atom stereocenters. The van der Waals surface area contributed by atoms with Crippen molar-refractivity contribution in [3.05, 3.63) is 23.7 Å². The molecule has 2 heterocycles. The lowest BCUT2D eigenvalue weighted by Gasteiger charge is -1.98. The summed E-state index contributed by atoms with van der Waals surface area (Å²) >= 11 is 0. The summed E-state index contributed by atoms with van der Waals surface area (Å²) in [5.41, 5.74) is 4.96. The van der Waals surface area contributed by atoms with E-state index in [0.29, 0.717) is 5.69 Å². The minimum Gasteiger partial charge on any atom is -0.443 e. The first kappa shape index (κ1) is 11.6. The van der Waals surface area contributed by atoms with Crippen LogP contribution in [0.3, 0.4) is 0 Å². The zero-order chi connectivity index (χ0) is 12.6. The Labute approximate surface area is 94.0 Å². The lowest BCUT2D eigenvalue weighted by molar-refractivity contribution is -0.141. The van der Waals surface area contributed by atoms with E-state index < -0.39 is 11.9 Å². The molecule has 0 aliphatic rings. The van der Waals surface area contributed by atoms with Gasteiger partial charge < -0.3 is 10.2 Å². The van der Waals surface area contributed by atoms with Gasteiger partial charge in [-0.05, 0) is 0 Å². The van der Waals surface area contributed by atoms with Gasteiger partial charge in [-0.25, -0.2) is 4.98 Å². The fraction of sp³-hybridized carbons (Fsp3) is 0.333. The second kappa shape index (κ2) is 3.88. The first-order valence-electron chi connectivity index (χ1n) is 4.68. The predicted octanol–water partition coefficient (Wildman–Crippen LogP) is 1.55. The molecule has 8 heteroatoms. The number of aryl methyl sites for hydroxylation is 1. The number of hydrogen-bond acceptors (Lipinski definition) is 4. The van der Waals surface area contributed by atoms with Crippen molar-refractivity contribution < 1.29 is 17.6 Å². The van der Waals surface area contributed by atoms with Crippen molar-refractivity contribution in [2.75, 3.05) is 0 Å². The van der Waals surface area contributed by atoms with Gasteiger partial charge in [-0.15, -0.1) is 0 Å². The second-order valence-corrected chi connectivity index (χ2v) is 3.38. The Balaban J connectivity index is 2.42. The maximum atomic E-state index is 12.4. The summed E-state index contributed by atoms with van der Waals surface area (Å²) < 4.78 is 43.4. The molecule has 2 aromatic rings. The molecule has 0 amide bonds. The van der Waals surface area contributed by atoms with E-state index in [0.717, 1.165) is 10.7 Å². The summed E-state index contributed by atoms with van der Waals surface area (Å²) in [6.07, 6.45) is -3.19. The van der Waals surface area contributed by atoms with Crippen molar-refractivity contribution in [1.82, 2.24) is 14.8 Å². The van der Waals surface area contributed by atoms with E-state index in [1.807, 2.05) is 0 Å². The van der Waals surface area contributed by atoms with Crippen LogP contribution in [0.2, 0.25) is 0 Å². The third kappa shape index (κ3) is 2.16. The fourth-order valence-corrected chi connectivity index (χ4v) is 1.32. The number of aromatic nitrogens is 3. The zero-order valence-corrected chi connectivity index (χ0v) is 8.82. The largest absolute Gasteiger partial charge is 0.443 e. The topological polar surface area (TPSA) is 69.9 Å². The van der Waals surface area contributed by atoms with Crippen LogP contribution in [0.1, 0.15) is 11.4 Å². The number of alkyl halides is 3. The molecule has 0 spiro atoms. The highest BCUT2D eigenvalue weighted by molar-refractivity contribution is 5.48. The number of rotatable bonds is 2. The smallest absolute Gasteiger partial charge is 0.435 e. The lowest BCUT2D eigenvalue weighted by Crippen LogP contribution is -2.06. The van der Waals surface area contributed by atoms with Gasteiger partial charge >= 0.3 is 6.18 Å². The highest BCUT2D eigenvalue weighted by atomic mass is 19.4. The van der Waals surface area contributed by atoms with Crippen LogP contribution in [-0.4, -0.2) is 14.8 Å². The fourth-order valence-electron chi connectivity index (χ4n) is 1.32. The summed E-state index contributed by atoms with van der Waals surface area (Å²) in [6.45, 7) is 0.160. The molecule has 0 saturated carbocycles. The second-order valence-electron chi connectivity index (χ2n) is 3.38. The van der Waals surface area contributed by atoms with Gasteiger partial charge in [0.25, 0.3) is 0 Å². The Kier molecular flexibility index (Phi) is 2.66. The first-order valence-corrected chi connectivity index (χ1v) is 4.68. The van der Waals surface area contributed by atoms with Gasteiger partial charge in [-0.2, -0.15) is 18.3 Å². The highest BCUT2D eigenvalue weighted by Gasteiger charge is 2.35. The summed E-state index contributed by atoms with van der Waals surface area (Å²) in [6, 6.07) is 0.881. The SMILES string of the molecule is Cn1nc(C(F)(F)F)cc1-c1nc(CN)co1. The molecule has 2 rings (SSSR count). The number of nitrogens with two attached hydrogens (primary N) is 1. The average Bonchev–Trinajstić information content (AvgIpc) is 2.82. The summed E-state index contributed by atoms with van der Waals surface area (Å²) in [5, 5.41) is 3.35. The Morgan fingerprint density at radius 1 is 1.47 bits per heavy atom. The van der Waals surface area contributed by atoms with Crippen molar-refractivity contribution in [1.29, 1.82) is 0 Å². The summed E-state index contributed by atoms with van der Waals surface area (Å²) in [4.78, 5) is 3.94. The van der Waals surface area contributed by atoms with E-state index in [4.69, 9.17) is 10.2 Å². The van der Waals surface area contributed by atoms with Crippen LogP contribution in [0.15, 0.2) is 16.7 Å². The van der Waals surface area contributed by atoms with Crippen molar-refractivity contribution in [2.45, 2.75) is 12.7 Å². The number of nitrogens with zero attached hydrogens (tertiary/aromatic N) is 3. The third-order valence-electron chi connectivity index (χ3n) is 2.15. The molecule has 2 N–H and O–H groups in total. The van der Waals surface area contributed by atoms with Crippen molar-refractivity contribution >= 4 is 0 Å². The van der Waals surface area contributed by atoms with Crippen molar-refractivity contribution in [2.24, 2.45) is 12.8 Å². The van der Waals surface area contributed by atoms with Gasteiger partial charge in [-0.3, -0.25) is 4.68 Å². The summed E-state index contributed by atoms with van der Waals surface area (Å²) in [7, 11) is 1.39. The van der Waals surface area contributed by atoms with Crippen molar-refractivity contribution in [3.63, 3.8) is 0 Å². The Morgan fingerprint density at radius 2 is 2.18 bits per heavy atom. The van der Waals surface area contributed by atoms with Crippen molar-refractivity contribution in [3.8, 4) is 11.6 Å². The maximum Gasteiger partial charge on any atom is 0.435 e. The van der Waals surface area contributed by atoms with E-state index in [1.54, 1.807) is 0 Å². The maximum absolute atomic E-state index is 12.4. The van der Waals surface area contributed by atoms with Crippen LogP contribution in [-0.2, 0) is 19.8 Å². The van der Waals surface area contributed by atoms with E-state index in [9.17, 15) is 13.2 Å². The van der Waals surface area contributed by atoms with Gasteiger partial charge in [-0.1, -0.05) is 0 Å². The minimum atomic E-state index is -4.49. The van der Waals surface area contributed by atoms with E-state index in [1.165, 1.54) is 13.3 Å². The molecule has 0 unspecified atom stereocenters. The van der Waals surface area contributed by atoms with Crippen LogP contribution in [0.25, 0.3) is 11.6 Å². The Bertz CT molecular complexity index is 529. The molecule has 92 valence electrons. The average molecular weight is 246 g/mol. The number of hydrogen-bond donors (Lipinski definition) is 1. The monoisotopic (exact) mass is 246 g/mol. The Morgan fingerprint density at radius 3 is 2.65 bits per heavy atom. The van der Waals surface area contributed by atoms with Crippen LogP contribution >= 0.6 is 0 Å². The van der Waals surface area contributed by atoms with E-state index in [-0.39, 0.29) is 18.1 Å². The number of halogens is 3. The highest BCUT2D eigenvalue weighted by Crippen LogP contribution is 2.31.